The van der Waals surface area contributed by atoms with Crippen LogP contribution in [0.25, 0.3) is 0 Å². The van der Waals surface area contributed by atoms with E-state index in [0.29, 0.717) is 0 Å². The van der Waals surface area contributed by atoms with E-state index in [4.69, 9.17) is 4.74 Å². The summed E-state index contributed by atoms with van der Waals surface area (Å²) in [6, 6.07) is 0. The summed E-state index contributed by atoms with van der Waals surface area (Å²) in [5, 5.41) is 0. The number of rotatable bonds is 21. The third-order valence-corrected chi connectivity index (χ3v) is 6.77. The zero-order valence-corrected chi connectivity index (χ0v) is 22.4. The van der Waals surface area contributed by atoms with Crippen molar-refractivity contribution in [2.24, 2.45) is 0 Å². The predicted molar refractivity (Wildman–Crippen MR) is 125 cm³/mol. The number of hydrogen-bond donors (Lipinski definition) is 0. The molecule has 1 rings (SSSR count). The molecule has 0 aromatic heterocycles. The van der Waals surface area contributed by atoms with Gasteiger partial charge in [0.05, 0.1) is 33.3 Å². The molecule has 0 atom stereocenters. The van der Waals surface area contributed by atoms with E-state index in [-0.39, 0.29) is 24.0 Å². The van der Waals surface area contributed by atoms with E-state index in [1.54, 1.807) is 0 Å². The van der Waals surface area contributed by atoms with Crippen molar-refractivity contribution in [2.45, 2.75) is 129 Å². The lowest BCUT2D eigenvalue weighted by molar-refractivity contribution is -0.897. The second-order valence-electron chi connectivity index (χ2n) is 9.77. The first kappa shape index (κ1) is 29.7. The zero-order valence-electron chi connectivity index (χ0n) is 20.2. The molecule has 3 heteroatoms. The van der Waals surface area contributed by atoms with Crippen molar-refractivity contribution in [3.8, 4) is 0 Å². The quantitative estimate of drug-likeness (QED) is 0.118. The maximum absolute atomic E-state index is 5.85. The molecule has 0 bridgehead atoms. The minimum Gasteiger partial charge on any atom is -1.00 e. The van der Waals surface area contributed by atoms with Crippen molar-refractivity contribution >= 4 is 0 Å². The summed E-state index contributed by atoms with van der Waals surface area (Å²) < 4.78 is 7.14. The SMILES string of the molecule is CCCCCCCCCCCCCCCCCCOCCC[N+]1(C)CCCC1.[I-]. The maximum Gasteiger partial charge on any atom is 0.0806 e. The van der Waals surface area contributed by atoms with Crippen molar-refractivity contribution < 1.29 is 33.2 Å². The van der Waals surface area contributed by atoms with E-state index in [1.807, 2.05) is 0 Å². The number of halogens is 1. The summed E-state index contributed by atoms with van der Waals surface area (Å²) >= 11 is 0. The van der Waals surface area contributed by atoms with Gasteiger partial charge in [-0.15, -0.1) is 0 Å². The van der Waals surface area contributed by atoms with Gasteiger partial charge in [-0.2, -0.15) is 0 Å². The van der Waals surface area contributed by atoms with E-state index >= 15 is 0 Å². The lowest BCUT2D eigenvalue weighted by Crippen LogP contribution is -3.00. The fourth-order valence-electron chi connectivity index (χ4n) is 4.73. The first-order chi connectivity index (χ1) is 13.8. The van der Waals surface area contributed by atoms with Crippen LogP contribution in [0.3, 0.4) is 0 Å². The van der Waals surface area contributed by atoms with Gasteiger partial charge >= 0.3 is 0 Å². The summed E-state index contributed by atoms with van der Waals surface area (Å²) in [6.07, 6.45) is 27.1. The molecule has 176 valence electrons. The molecule has 29 heavy (non-hydrogen) atoms. The molecule has 0 N–H and O–H groups in total. The van der Waals surface area contributed by atoms with Gasteiger partial charge in [-0.1, -0.05) is 103 Å². The predicted octanol–water partition coefficient (Wildman–Crippen LogP) is 4.90. The Morgan fingerprint density at radius 1 is 0.552 bits per heavy atom. The van der Waals surface area contributed by atoms with Crippen molar-refractivity contribution in [2.75, 3.05) is 39.9 Å². The van der Waals surface area contributed by atoms with Crippen LogP contribution >= 0.6 is 0 Å². The summed E-state index contributed by atoms with van der Waals surface area (Å²) in [7, 11) is 2.42. The molecule has 1 aliphatic heterocycles. The van der Waals surface area contributed by atoms with Gasteiger partial charge in [-0.05, 0) is 6.42 Å². The molecule has 1 heterocycles. The Hall–Kier alpha value is 0.650. The maximum atomic E-state index is 5.85. The number of ether oxygens (including phenoxy) is 1. The molecule has 0 unspecified atom stereocenters. The van der Waals surface area contributed by atoms with Crippen molar-refractivity contribution in [3.63, 3.8) is 0 Å². The fraction of sp³-hybridized carbons (Fsp3) is 1.00. The highest BCUT2D eigenvalue weighted by atomic mass is 127. The molecular formula is C26H54INO. The van der Waals surface area contributed by atoms with Gasteiger partial charge in [0, 0.05) is 25.9 Å². The van der Waals surface area contributed by atoms with E-state index in [0.717, 1.165) is 13.2 Å². The van der Waals surface area contributed by atoms with Crippen LogP contribution < -0.4 is 24.0 Å². The van der Waals surface area contributed by atoms with Crippen LogP contribution in [0.1, 0.15) is 129 Å². The molecule has 0 spiro atoms. The highest BCUT2D eigenvalue weighted by Crippen LogP contribution is 2.17. The van der Waals surface area contributed by atoms with Crippen LogP contribution in [0, 0.1) is 0 Å². The van der Waals surface area contributed by atoms with E-state index in [2.05, 4.69) is 14.0 Å². The third-order valence-electron chi connectivity index (χ3n) is 6.77. The van der Waals surface area contributed by atoms with Gasteiger partial charge in [0.25, 0.3) is 0 Å². The van der Waals surface area contributed by atoms with Crippen LogP contribution in [0.4, 0.5) is 0 Å². The fourth-order valence-corrected chi connectivity index (χ4v) is 4.73. The number of likely N-dealkylation sites (tertiary alicyclic amines) is 1. The minimum atomic E-state index is 0. The second kappa shape index (κ2) is 21.9. The molecule has 1 saturated heterocycles. The van der Waals surface area contributed by atoms with Crippen LogP contribution in [0.5, 0.6) is 0 Å². The number of quaternary nitrogens is 1. The van der Waals surface area contributed by atoms with Gasteiger partial charge in [0.2, 0.25) is 0 Å². The van der Waals surface area contributed by atoms with E-state index in [9.17, 15) is 0 Å². The molecule has 0 aromatic rings. The molecule has 0 aromatic carbocycles. The molecule has 0 saturated carbocycles. The average molecular weight is 524 g/mol. The largest absolute Gasteiger partial charge is 1.00 e. The van der Waals surface area contributed by atoms with Crippen LogP contribution in [-0.4, -0.2) is 44.4 Å². The normalized spacial score (nSPS) is 15.5. The van der Waals surface area contributed by atoms with Gasteiger partial charge in [0.1, 0.15) is 0 Å². The minimum absolute atomic E-state index is 0. The lowest BCUT2D eigenvalue weighted by atomic mass is 10.0. The number of hydrogen-bond acceptors (Lipinski definition) is 1. The molecule has 0 aliphatic carbocycles. The average Bonchev–Trinajstić information content (AvgIpc) is 3.13. The van der Waals surface area contributed by atoms with Crippen LogP contribution in [0.2, 0.25) is 0 Å². The molecule has 2 nitrogen and oxygen atoms in total. The Morgan fingerprint density at radius 2 is 0.931 bits per heavy atom. The molecule has 0 amide bonds. The highest BCUT2D eigenvalue weighted by Gasteiger charge is 2.25. The van der Waals surface area contributed by atoms with Gasteiger partial charge < -0.3 is 33.2 Å². The van der Waals surface area contributed by atoms with Crippen molar-refractivity contribution in [3.05, 3.63) is 0 Å². The standard InChI is InChI=1S/C26H54NO.HI/c1-3-4-5-6-7-8-9-10-11-12-13-14-15-16-17-20-25-28-26-21-24-27(2)22-18-19-23-27;/h3-26H2,1-2H3;1H/q+1;/p-1. The number of nitrogens with zero attached hydrogens (tertiary/aromatic N) is 1. The molecular weight excluding hydrogens is 469 g/mol. The Bertz CT molecular complexity index is 318. The zero-order chi connectivity index (χ0) is 20.2. The monoisotopic (exact) mass is 523 g/mol. The topological polar surface area (TPSA) is 9.23 Å². The third kappa shape index (κ3) is 19.1. The summed E-state index contributed by atoms with van der Waals surface area (Å²) in [5.41, 5.74) is 0. The summed E-state index contributed by atoms with van der Waals surface area (Å²) in [6.45, 7) is 8.36. The van der Waals surface area contributed by atoms with Crippen LogP contribution in [-0.2, 0) is 4.74 Å². The first-order valence-electron chi connectivity index (χ1n) is 13.2. The van der Waals surface area contributed by atoms with Gasteiger partial charge in [-0.25, -0.2) is 0 Å². The molecule has 1 aliphatic rings. The van der Waals surface area contributed by atoms with E-state index < -0.39 is 0 Å². The summed E-state index contributed by atoms with van der Waals surface area (Å²) in [5.74, 6) is 0. The smallest absolute Gasteiger partial charge is 0.0806 e. The van der Waals surface area contributed by atoms with Gasteiger partial charge in [-0.3, -0.25) is 0 Å². The Morgan fingerprint density at radius 3 is 1.38 bits per heavy atom. The van der Waals surface area contributed by atoms with Crippen molar-refractivity contribution in [1.82, 2.24) is 0 Å². The van der Waals surface area contributed by atoms with Crippen LogP contribution in [0.15, 0.2) is 0 Å². The summed E-state index contributed by atoms with van der Waals surface area (Å²) in [4.78, 5) is 0. The van der Waals surface area contributed by atoms with Gasteiger partial charge in [0.15, 0.2) is 0 Å². The number of unbranched alkanes of at least 4 members (excludes halogenated alkanes) is 15. The van der Waals surface area contributed by atoms with Crippen molar-refractivity contribution in [1.29, 1.82) is 0 Å². The Kier molecular flexibility index (Phi) is 22.4. The van der Waals surface area contributed by atoms with E-state index in [1.165, 1.54) is 146 Å². The Labute approximate surface area is 201 Å². The molecule has 1 fully saturated rings. The second-order valence-corrected chi connectivity index (χ2v) is 9.77. The first-order valence-corrected chi connectivity index (χ1v) is 13.2. The lowest BCUT2D eigenvalue weighted by Gasteiger charge is -2.29. The molecule has 0 radical (unpaired) electrons. The highest BCUT2D eigenvalue weighted by molar-refractivity contribution is 4.52. The Balaban J connectivity index is 0.00000784.